The largest absolute Gasteiger partial charge is 0.361 e. The molecule has 0 saturated heterocycles. The molecule has 0 unspecified atom stereocenters. The molecule has 0 fully saturated rings. The Balaban J connectivity index is 0.000000105. The molecule has 158 valence electrons. The summed E-state index contributed by atoms with van der Waals surface area (Å²) < 4.78 is 2.82. The van der Waals surface area contributed by atoms with E-state index in [0.29, 0.717) is 20.2 Å². The molecular formula is C24H17N3O2S2Se. The standard InChI is InChI=1S/C8H7N.C6H2N2O2.C6H4S2.C4H4Se/c1-2-4-8-7(3-1)5-6-9-8;9-5-4-3(1-2-7-4)8-6(5)10;1-3-7-6-2-4-8-5(1)6;1-2-4-5-3-1/h1-6,9H;1-2H;1-4H;1-4H. The second-order valence-electron chi connectivity index (χ2n) is 6.35. The Morgan fingerprint density at radius 2 is 1.53 bits per heavy atom. The maximum Gasteiger partial charge on any atom is 0.0453 e. The van der Waals surface area contributed by atoms with Gasteiger partial charge < -0.3 is 4.98 Å². The van der Waals surface area contributed by atoms with Crippen LogP contribution in [0.4, 0.5) is 0 Å². The van der Waals surface area contributed by atoms with Gasteiger partial charge in [0.25, 0.3) is 5.43 Å². The smallest absolute Gasteiger partial charge is 0.0453 e. The van der Waals surface area contributed by atoms with E-state index >= 15 is 0 Å². The van der Waals surface area contributed by atoms with E-state index in [1.807, 2.05) is 18.3 Å². The predicted molar refractivity (Wildman–Crippen MR) is 135 cm³/mol. The molecule has 2 aliphatic rings. The van der Waals surface area contributed by atoms with E-state index in [2.05, 4.69) is 78.1 Å². The van der Waals surface area contributed by atoms with Crippen molar-refractivity contribution in [3.05, 3.63) is 114 Å². The number of nitrogens with zero attached hydrogens (tertiary/aromatic N) is 2. The van der Waals surface area contributed by atoms with Crippen molar-refractivity contribution in [1.29, 1.82) is 0 Å². The molecule has 0 amide bonds. The maximum absolute atomic E-state index is 10.8. The molecule has 1 N–H and O–H groups in total. The van der Waals surface area contributed by atoms with Gasteiger partial charge >= 0.3 is 42.1 Å². The van der Waals surface area contributed by atoms with Crippen LogP contribution in [-0.2, 0) is 0 Å². The van der Waals surface area contributed by atoms with E-state index in [4.69, 9.17) is 0 Å². The number of H-pyrrole nitrogens is 1. The predicted octanol–water partition coefficient (Wildman–Crippen LogP) is 5.05. The molecule has 7 rings (SSSR count). The summed E-state index contributed by atoms with van der Waals surface area (Å²) in [5, 5.41) is 5.53. The molecule has 32 heavy (non-hydrogen) atoms. The molecule has 4 aromatic heterocycles. The Hall–Kier alpha value is -3.16. The Labute approximate surface area is 197 Å². The van der Waals surface area contributed by atoms with Crippen LogP contribution in [0.15, 0.2) is 103 Å². The zero-order chi connectivity index (χ0) is 22.2. The first-order chi connectivity index (χ1) is 15.7. The number of hydrogen-bond acceptors (Lipinski definition) is 6. The molecule has 8 heteroatoms. The molecule has 0 bridgehead atoms. The summed E-state index contributed by atoms with van der Waals surface area (Å²) in [6.07, 6.45) is 3.41. The molecule has 0 radical (unpaired) electrons. The van der Waals surface area contributed by atoms with E-state index in [1.54, 1.807) is 22.7 Å². The normalized spacial score (nSPS) is 10.1. The molecule has 5 nitrogen and oxygen atoms in total. The van der Waals surface area contributed by atoms with Gasteiger partial charge in [-0.3, -0.25) is 14.6 Å². The molecule has 0 spiro atoms. The van der Waals surface area contributed by atoms with Gasteiger partial charge in [0.15, 0.2) is 0 Å². The van der Waals surface area contributed by atoms with Crippen LogP contribution in [0, 0.1) is 0 Å². The number of thiophene rings is 2. The van der Waals surface area contributed by atoms with Crippen LogP contribution in [0.5, 0.6) is 0 Å². The van der Waals surface area contributed by atoms with Gasteiger partial charge in [0.2, 0.25) is 0 Å². The second kappa shape index (κ2) is 10.9. The number of aromatic nitrogens is 3. The average molecular weight is 523 g/mol. The van der Waals surface area contributed by atoms with Gasteiger partial charge in [0.05, 0.1) is 5.69 Å². The molecule has 2 aliphatic heterocycles. The van der Waals surface area contributed by atoms with Crippen molar-refractivity contribution in [1.82, 2.24) is 15.0 Å². The Kier molecular flexibility index (Phi) is 7.53. The number of rotatable bonds is 0. The summed E-state index contributed by atoms with van der Waals surface area (Å²) in [5.74, 6) is 0. The summed E-state index contributed by atoms with van der Waals surface area (Å²) in [5.41, 5.74) is 0.482. The maximum atomic E-state index is 10.8. The fourth-order valence-corrected chi connectivity index (χ4v) is 5.55. The van der Waals surface area contributed by atoms with E-state index in [9.17, 15) is 9.59 Å². The fourth-order valence-electron chi connectivity index (χ4n) is 2.77. The molecule has 0 aliphatic carbocycles. The third kappa shape index (κ3) is 5.55. The van der Waals surface area contributed by atoms with Crippen LogP contribution in [0.3, 0.4) is 0 Å². The summed E-state index contributed by atoms with van der Waals surface area (Å²) in [7, 11) is 0. The Bertz CT molecular complexity index is 1440. The first-order valence-corrected chi connectivity index (χ1v) is 13.3. The second-order valence-corrected chi connectivity index (χ2v) is 9.96. The van der Waals surface area contributed by atoms with Crippen LogP contribution in [0.1, 0.15) is 0 Å². The zero-order valence-electron chi connectivity index (χ0n) is 16.7. The molecule has 1 aromatic carbocycles. The van der Waals surface area contributed by atoms with Crippen molar-refractivity contribution in [2.45, 2.75) is 0 Å². The van der Waals surface area contributed by atoms with Gasteiger partial charge in [-0.1, -0.05) is 18.2 Å². The first kappa shape index (κ1) is 22.0. The average Bonchev–Trinajstić information content (AvgIpc) is 3.63. The molecule has 6 heterocycles. The van der Waals surface area contributed by atoms with Crippen molar-refractivity contribution in [2.24, 2.45) is 0 Å². The SMILES string of the molecule is O=c1nc2ccnc-2c1=O.c1cc2sccc2s1.c1cc[se]c1.c1ccc2[nH]ccc2c1. The van der Waals surface area contributed by atoms with Gasteiger partial charge in [0, 0.05) is 27.3 Å². The van der Waals surface area contributed by atoms with Gasteiger partial charge in [-0.2, -0.15) is 0 Å². The molecule has 0 atom stereocenters. The molecule has 0 saturated carbocycles. The van der Waals surface area contributed by atoms with Crippen molar-refractivity contribution in [3.63, 3.8) is 0 Å². The van der Waals surface area contributed by atoms with Crippen molar-refractivity contribution >= 4 is 57.5 Å². The minimum absolute atomic E-state index is 0.185. The van der Waals surface area contributed by atoms with Gasteiger partial charge in [-0.25, -0.2) is 4.98 Å². The fraction of sp³-hybridized carbons (Fsp3) is 0. The van der Waals surface area contributed by atoms with Gasteiger partial charge in [-0.05, 0) is 46.5 Å². The van der Waals surface area contributed by atoms with Crippen LogP contribution in [-0.4, -0.2) is 29.5 Å². The first-order valence-electron chi connectivity index (χ1n) is 9.54. The van der Waals surface area contributed by atoms with Crippen LogP contribution in [0.25, 0.3) is 31.7 Å². The zero-order valence-corrected chi connectivity index (χ0v) is 20.0. The summed E-state index contributed by atoms with van der Waals surface area (Å²) in [6.45, 7) is 0. The van der Waals surface area contributed by atoms with E-state index in [-0.39, 0.29) is 5.69 Å². The van der Waals surface area contributed by atoms with Crippen molar-refractivity contribution < 1.29 is 0 Å². The summed E-state index contributed by atoms with van der Waals surface area (Å²) >= 11 is 4.32. The van der Waals surface area contributed by atoms with Crippen LogP contribution < -0.4 is 11.0 Å². The number of fused-ring (bicyclic) bond motifs is 3. The Morgan fingerprint density at radius 1 is 0.812 bits per heavy atom. The number of hydrogen-bond donors (Lipinski definition) is 1. The minimum Gasteiger partial charge on any atom is -0.361 e. The summed E-state index contributed by atoms with van der Waals surface area (Å²) in [4.78, 5) is 35.9. The third-order valence-corrected chi connectivity index (χ3v) is 7.48. The van der Waals surface area contributed by atoms with Crippen LogP contribution in [0.2, 0.25) is 0 Å². The van der Waals surface area contributed by atoms with Gasteiger partial charge in [-0.15, -0.1) is 22.7 Å². The number of nitrogens with one attached hydrogen (secondary N) is 1. The van der Waals surface area contributed by atoms with E-state index in [1.165, 1.54) is 32.6 Å². The van der Waals surface area contributed by atoms with Gasteiger partial charge in [0.1, 0.15) is 5.69 Å². The van der Waals surface area contributed by atoms with Crippen molar-refractivity contribution in [2.75, 3.05) is 0 Å². The third-order valence-electron chi connectivity index (χ3n) is 4.27. The number of aromatic amines is 1. The molecule has 5 aromatic rings. The van der Waals surface area contributed by atoms with Crippen LogP contribution >= 0.6 is 22.7 Å². The molecular weight excluding hydrogens is 505 g/mol. The summed E-state index contributed by atoms with van der Waals surface area (Å²) in [6, 6.07) is 20.3. The number of para-hydroxylation sites is 1. The topological polar surface area (TPSA) is 75.7 Å². The van der Waals surface area contributed by atoms with E-state index < -0.39 is 11.0 Å². The minimum atomic E-state index is -0.710. The monoisotopic (exact) mass is 523 g/mol. The Morgan fingerprint density at radius 3 is 2.16 bits per heavy atom. The van der Waals surface area contributed by atoms with Crippen molar-refractivity contribution in [3.8, 4) is 11.4 Å². The quantitative estimate of drug-likeness (QED) is 0.223. The van der Waals surface area contributed by atoms with E-state index in [0.717, 1.165) is 0 Å². The number of benzene rings is 1.